The first-order valence-corrected chi connectivity index (χ1v) is 6.28. The average Bonchev–Trinajstić information content (AvgIpc) is 2.21. The Morgan fingerprint density at radius 2 is 1.14 bits per heavy atom. The summed E-state index contributed by atoms with van der Waals surface area (Å²) in [4.78, 5) is 0. The molecule has 2 N–H and O–H groups in total. The van der Waals surface area contributed by atoms with Crippen LogP contribution in [0.4, 0.5) is 0 Å². The monoisotopic (exact) mass is 201 g/mol. The van der Waals surface area contributed by atoms with Gasteiger partial charge in [0.05, 0.1) is 0 Å². The maximum atomic E-state index is 8.34. The first-order chi connectivity index (χ1) is 6.91. The lowest BCUT2D eigenvalue weighted by Gasteiger charge is -2.01. The van der Waals surface area contributed by atoms with E-state index in [4.69, 9.17) is 5.21 Å². The van der Waals surface area contributed by atoms with Crippen LogP contribution in [-0.2, 0) is 0 Å². The number of hydrogen-bond acceptors (Lipinski definition) is 2. The molecule has 0 radical (unpaired) electrons. The van der Waals surface area contributed by atoms with Crippen molar-refractivity contribution in [2.75, 3.05) is 6.54 Å². The maximum absolute atomic E-state index is 8.34. The fraction of sp³-hybridized carbons (Fsp3) is 1.00. The lowest BCUT2D eigenvalue weighted by atomic mass is 10.1. The summed E-state index contributed by atoms with van der Waals surface area (Å²) in [7, 11) is 0. The van der Waals surface area contributed by atoms with Crippen LogP contribution >= 0.6 is 0 Å². The zero-order valence-corrected chi connectivity index (χ0v) is 9.73. The Balaban J connectivity index is 2.78. The molecule has 0 unspecified atom stereocenters. The van der Waals surface area contributed by atoms with Gasteiger partial charge >= 0.3 is 0 Å². The molecule has 0 aromatic heterocycles. The van der Waals surface area contributed by atoms with Crippen LogP contribution in [0.5, 0.6) is 0 Å². The van der Waals surface area contributed by atoms with Gasteiger partial charge in [-0.1, -0.05) is 64.7 Å². The summed E-state index contributed by atoms with van der Waals surface area (Å²) in [6, 6.07) is 0. The van der Waals surface area contributed by atoms with E-state index in [-0.39, 0.29) is 0 Å². The number of nitrogens with one attached hydrogen (secondary N) is 1. The summed E-state index contributed by atoms with van der Waals surface area (Å²) in [5.74, 6) is 0. The normalized spacial score (nSPS) is 10.7. The van der Waals surface area contributed by atoms with Crippen molar-refractivity contribution in [3.05, 3.63) is 0 Å². The summed E-state index contributed by atoms with van der Waals surface area (Å²) in [5, 5.41) is 8.34. The number of unbranched alkanes of at least 4 members (excludes halogenated alkanes) is 9. The Labute approximate surface area is 89.1 Å². The lowest BCUT2D eigenvalue weighted by molar-refractivity contribution is 0.164. The third-order valence-corrected chi connectivity index (χ3v) is 2.64. The molecule has 0 atom stereocenters. The van der Waals surface area contributed by atoms with Crippen molar-refractivity contribution in [3.63, 3.8) is 0 Å². The fourth-order valence-corrected chi connectivity index (χ4v) is 1.69. The van der Waals surface area contributed by atoms with Crippen molar-refractivity contribution in [2.45, 2.75) is 71.1 Å². The minimum Gasteiger partial charge on any atom is -0.317 e. The van der Waals surface area contributed by atoms with Crippen LogP contribution < -0.4 is 5.48 Å². The minimum absolute atomic E-state index is 0.747. The maximum Gasteiger partial charge on any atom is 0.0207 e. The molecule has 0 bridgehead atoms. The summed E-state index contributed by atoms with van der Waals surface area (Å²) >= 11 is 0. The highest BCUT2D eigenvalue weighted by Crippen LogP contribution is 2.09. The predicted molar refractivity (Wildman–Crippen MR) is 61.6 cm³/mol. The van der Waals surface area contributed by atoms with E-state index in [0.717, 1.165) is 13.0 Å². The molecule has 0 aliphatic carbocycles. The van der Waals surface area contributed by atoms with E-state index in [9.17, 15) is 0 Å². The number of hydrogen-bond donors (Lipinski definition) is 2. The van der Waals surface area contributed by atoms with Gasteiger partial charge in [0, 0.05) is 6.54 Å². The third kappa shape index (κ3) is 11.9. The van der Waals surface area contributed by atoms with Crippen molar-refractivity contribution in [1.82, 2.24) is 5.48 Å². The first kappa shape index (κ1) is 13.9. The van der Waals surface area contributed by atoms with Crippen molar-refractivity contribution >= 4 is 0 Å². The van der Waals surface area contributed by atoms with E-state index in [1.165, 1.54) is 57.8 Å². The van der Waals surface area contributed by atoms with Crippen LogP contribution in [0.15, 0.2) is 0 Å². The second-order valence-electron chi connectivity index (χ2n) is 4.09. The Kier molecular flexibility index (Phi) is 12.8. The van der Waals surface area contributed by atoms with Crippen LogP contribution in [-0.4, -0.2) is 11.8 Å². The summed E-state index contributed by atoms with van der Waals surface area (Å²) in [6.07, 6.45) is 13.5. The highest BCUT2D eigenvalue weighted by Gasteiger charge is 1.91. The molecule has 0 saturated heterocycles. The van der Waals surface area contributed by atoms with Crippen LogP contribution in [0.1, 0.15) is 71.1 Å². The van der Waals surface area contributed by atoms with Gasteiger partial charge in [-0.15, -0.1) is 0 Å². The molecule has 0 aromatic carbocycles. The number of hydroxylamine groups is 1. The minimum atomic E-state index is 0.747. The molecule has 2 heteroatoms. The molecule has 0 aliphatic rings. The van der Waals surface area contributed by atoms with Gasteiger partial charge in [-0.3, -0.25) is 0 Å². The van der Waals surface area contributed by atoms with Gasteiger partial charge < -0.3 is 5.21 Å². The average molecular weight is 201 g/mol. The predicted octanol–water partition coefficient (Wildman–Crippen LogP) is 3.89. The zero-order valence-electron chi connectivity index (χ0n) is 9.73. The second kappa shape index (κ2) is 12.9. The molecule has 0 aromatic rings. The van der Waals surface area contributed by atoms with Crippen LogP contribution in [0.25, 0.3) is 0 Å². The van der Waals surface area contributed by atoms with E-state index in [1.54, 1.807) is 0 Å². The molecule has 14 heavy (non-hydrogen) atoms. The molecule has 86 valence electrons. The smallest absolute Gasteiger partial charge is 0.0207 e. The molecular formula is C12H27NO. The summed E-state index contributed by atoms with van der Waals surface area (Å²) in [5.41, 5.74) is 2.19. The van der Waals surface area contributed by atoms with Crippen LogP contribution in [0.2, 0.25) is 0 Å². The van der Waals surface area contributed by atoms with Crippen molar-refractivity contribution < 1.29 is 5.21 Å². The number of rotatable bonds is 11. The quantitative estimate of drug-likeness (QED) is 0.393. The van der Waals surface area contributed by atoms with E-state index in [2.05, 4.69) is 12.4 Å². The van der Waals surface area contributed by atoms with Crippen LogP contribution in [0.3, 0.4) is 0 Å². The molecule has 0 heterocycles. The fourth-order valence-electron chi connectivity index (χ4n) is 1.69. The van der Waals surface area contributed by atoms with E-state index in [1.807, 2.05) is 0 Å². The van der Waals surface area contributed by atoms with Crippen molar-refractivity contribution in [2.24, 2.45) is 0 Å². The highest BCUT2D eigenvalue weighted by molar-refractivity contribution is 4.47. The molecular weight excluding hydrogens is 174 g/mol. The summed E-state index contributed by atoms with van der Waals surface area (Å²) in [6.45, 7) is 3.01. The largest absolute Gasteiger partial charge is 0.317 e. The van der Waals surface area contributed by atoms with Gasteiger partial charge in [0.2, 0.25) is 0 Å². The van der Waals surface area contributed by atoms with Crippen LogP contribution in [0, 0.1) is 0 Å². The van der Waals surface area contributed by atoms with Gasteiger partial charge in [-0.25, -0.2) is 5.48 Å². The summed E-state index contributed by atoms with van der Waals surface area (Å²) < 4.78 is 0. The second-order valence-corrected chi connectivity index (χ2v) is 4.09. The molecule has 0 rings (SSSR count). The Morgan fingerprint density at radius 1 is 0.714 bits per heavy atom. The third-order valence-electron chi connectivity index (χ3n) is 2.64. The van der Waals surface area contributed by atoms with Gasteiger partial charge in [0.1, 0.15) is 0 Å². The zero-order chi connectivity index (χ0) is 10.5. The van der Waals surface area contributed by atoms with Crippen molar-refractivity contribution in [1.29, 1.82) is 0 Å². The molecule has 0 fully saturated rings. The van der Waals surface area contributed by atoms with E-state index < -0.39 is 0 Å². The highest BCUT2D eigenvalue weighted by atomic mass is 16.5. The SMILES string of the molecule is CCCCCCCCCCCCNO. The first-order valence-electron chi connectivity index (χ1n) is 6.28. The van der Waals surface area contributed by atoms with Gasteiger partial charge in [0.15, 0.2) is 0 Å². The Bertz CT molecular complexity index is 84.3. The molecule has 0 aliphatic heterocycles. The Hall–Kier alpha value is -0.0800. The van der Waals surface area contributed by atoms with Crippen molar-refractivity contribution in [3.8, 4) is 0 Å². The van der Waals surface area contributed by atoms with E-state index >= 15 is 0 Å². The topological polar surface area (TPSA) is 32.3 Å². The molecule has 2 nitrogen and oxygen atoms in total. The molecule has 0 amide bonds. The lowest BCUT2D eigenvalue weighted by Crippen LogP contribution is -2.07. The standard InChI is InChI=1S/C12H27NO/c1-2-3-4-5-6-7-8-9-10-11-12-13-14/h13-14H,2-12H2,1H3. The molecule has 0 spiro atoms. The van der Waals surface area contributed by atoms with E-state index in [0.29, 0.717) is 0 Å². The van der Waals surface area contributed by atoms with Gasteiger partial charge in [0.25, 0.3) is 0 Å². The molecule has 0 saturated carbocycles. The van der Waals surface area contributed by atoms with Gasteiger partial charge in [-0.05, 0) is 6.42 Å². The Morgan fingerprint density at radius 3 is 1.57 bits per heavy atom. The van der Waals surface area contributed by atoms with Gasteiger partial charge in [-0.2, -0.15) is 0 Å².